The maximum absolute atomic E-state index is 9.44. The first kappa shape index (κ1) is 29.8. The Labute approximate surface area is 147 Å². The molecule has 0 bridgehead atoms. The molecule has 0 spiro atoms. The second-order valence-electron chi connectivity index (χ2n) is 5.76. The third-order valence-electron chi connectivity index (χ3n) is 2.23. The van der Waals surface area contributed by atoms with Crippen LogP contribution in [0, 0.1) is 26.7 Å². The summed E-state index contributed by atoms with van der Waals surface area (Å²) in [6.45, 7) is 24.2. The number of Topliss-reactive ketones (excluding diaryl/α,β-unsaturated/α-hetero) is 1. The third-order valence-corrected chi connectivity index (χ3v) is 2.23. The number of rotatable bonds is 2. The lowest BCUT2D eigenvalue weighted by Crippen LogP contribution is -1.81. The molecule has 0 aliphatic heterocycles. The zero-order chi connectivity index (χ0) is 19.4. The van der Waals surface area contributed by atoms with Crippen LogP contribution in [0.2, 0.25) is 0 Å². The first-order chi connectivity index (χ1) is 10.7. The van der Waals surface area contributed by atoms with Crippen molar-refractivity contribution in [2.45, 2.75) is 95.9 Å². The van der Waals surface area contributed by atoms with Crippen LogP contribution in [-0.2, 0) is 4.79 Å². The molecule has 1 heteroatoms. The van der Waals surface area contributed by atoms with E-state index in [-0.39, 0.29) is 5.78 Å². The van der Waals surface area contributed by atoms with Gasteiger partial charge in [-0.3, -0.25) is 0 Å². The lowest BCUT2D eigenvalue weighted by molar-refractivity contribution is -0.114. The van der Waals surface area contributed by atoms with Crippen molar-refractivity contribution in [2.75, 3.05) is 0 Å². The van der Waals surface area contributed by atoms with Gasteiger partial charge in [-0.05, 0) is 40.5 Å². The van der Waals surface area contributed by atoms with E-state index in [9.17, 15) is 4.79 Å². The van der Waals surface area contributed by atoms with Crippen molar-refractivity contribution in [3.8, 4) is 0 Å². The van der Waals surface area contributed by atoms with Gasteiger partial charge in [0.1, 0.15) is 5.78 Å². The average molecular weight is 325 g/mol. The van der Waals surface area contributed by atoms with Crippen molar-refractivity contribution in [1.29, 1.82) is 0 Å². The molecule has 0 aromatic heterocycles. The van der Waals surface area contributed by atoms with E-state index in [0.29, 0.717) is 0 Å². The summed E-state index contributed by atoms with van der Waals surface area (Å²) in [6, 6.07) is 6.56. The summed E-state index contributed by atoms with van der Waals surface area (Å²) in [5.74, 6) is 1.06. The summed E-state index contributed by atoms with van der Waals surface area (Å²) >= 11 is 0. The van der Waals surface area contributed by atoms with Gasteiger partial charge in [0.25, 0.3) is 0 Å². The molecule has 1 aromatic carbocycles. The molecule has 1 rings (SSSR count). The maximum atomic E-state index is 9.44. The van der Waals surface area contributed by atoms with E-state index in [0.717, 1.165) is 5.92 Å². The molecule has 0 radical (unpaired) electrons. The van der Waals surface area contributed by atoms with Crippen molar-refractivity contribution in [3.05, 3.63) is 34.9 Å². The number of ketones is 1. The Morgan fingerprint density at radius 2 is 1.04 bits per heavy atom. The fourth-order valence-corrected chi connectivity index (χ4v) is 1.78. The molecule has 0 saturated carbocycles. The normalized spacial score (nSPS) is 8.04. The van der Waals surface area contributed by atoms with Crippen molar-refractivity contribution in [3.63, 3.8) is 0 Å². The summed E-state index contributed by atoms with van der Waals surface area (Å²) in [5.41, 5.74) is 4.06. The van der Waals surface area contributed by atoms with E-state index in [1.165, 1.54) is 43.4 Å². The standard InChI is InChI=1S/C9H12.C6H14.C3H6O.2C2H6/c1-7-4-8(2)6-9(3)5-7;1-4-5-6(2)3;1-3(2)4;2*1-2/h4-6H,1-3H3;6H,4-5H2,1-3H3;1-2H3;2*1-2H3. The number of carbonyl (C=O) groups is 1. The van der Waals surface area contributed by atoms with Crippen LogP contribution in [0.5, 0.6) is 0 Å². The van der Waals surface area contributed by atoms with E-state index < -0.39 is 0 Å². The van der Waals surface area contributed by atoms with Crippen LogP contribution in [0.1, 0.15) is 91.8 Å². The summed E-state index contributed by atoms with van der Waals surface area (Å²) in [6.07, 6.45) is 2.71. The molecule has 0 aliphatic rings. The first-order valence-electron chi connectivity index (χ1n) is 9.21. The van der Waals surface area contributed by atoms with E-state index >= 15 is 0 Å². The highest BCUT2D eigenvalue weighted by atomic mass is 16.1. The summed E-state index contributed by atoms with van der Waals surface area (Å²) in [5, 5.41) is 0. The zero-order valence-corrected chi connectivity index (χ0v) is 18.1. The minimum atomic E-state index is 0.167. The van der Waals surface area contributed by atoms with Crippen LogP contribution >= 0.6 is 0 Å². The molecule has 0 heterocycles. The highest BCUT2D eigenvalue weighted by Gasteiger charge is 1.87. The van der Waals surface area contributed by atoms with Crippen LogP contribution in [-0.4, -0.2) is 5.78 Å². The molecule has 1 aromatic rings. The number of carbonyl (C=O) groups excluding carboxylic acids is 1. The molecule has 0 saturated heterocycles. The number of aryl methyl sites for hydroxylation is 3. The van der Waals surface area contributed by atoms with Gasteiger partial charge in [0, 0.05) is 0 Å². The second-order valence-corrected chi connectivity index (χ2v) is 5.76. The molecule has 0 fully saturated rings. The van der Waals surface area contributed by atoms with Crippen LogP contribution in [0.15, 0.2) is 18.2 Å². The molecule has 138 valence electrons. The third kappa shape index (κ3) is 38.6. The Balaban J connectivity index is -0.000000113. The lowest BCUT2D eigenvalue weighted by Gasteiger charge is -1.96. The van der Waals surface area contributed by atoms with Gasteiger partial charge in [-0.15, -0.1) is 0 Å². The van der Waals surface area contributed by atoms with Gasteiger partial charge in [0.15, 0.2) is 0 Å². The average Bonchev–Trinajstić information content (AvgIpc) is 2.41. The van der Waals surface area contributed by atoms with Crippen LogP contribution in [0.25, 0.3) is 0 Å². The maximum Gasteiger partial charge on any atom is 0.126 e. The minimum absolute atomic E-state index is 0.167. The summed E-state index contributed by atoms with van der Waals surface area (Å²) in [7, 11) is 0. The van der Waals surface area contributed by atoms with Crippen LogP contribution < -0.4 is 0 Å². The molecule has 23 heavy (non-hydrogen) atoms. The fraction of sp³-hybridized carbons (Fsp3) is 0.682. The van der Waals surface area contributed by atoms with Gasteiger partial charge in [-0.1, -0.05) is 96.2 Å². The smallest absolute Gasteiger partial charge is 0.126 e. The first-order valence-corrected chi connectivity index (χ1v) is 9.21. The van der Waals surface area contributed by atoms with E-state index in [4.69, 9.17) is 0 Å². The van der Waals surface area contributed by atoms with E-state index in [1.54, 1.807) is 0 Å². The Bertz CT molecular complexity index is 297. The Hall–Kier alpha value is -1.11. The van der Waals surface area contributed by atoms with Crippen LogP contribution in [0.4, 0.5) is 0 Å². The van der Waals surface area contributed by atoms with Crippen molar-refractivity contribution in [2.24, 2.45) is 5.92 Å². The topological polar surface area (TPSA) is 17.1 Å². The molecule has 0 N–H and O–H groups in total. The van der Waals surface area contributed by atoms with Gasteiger partial charge in [-0.25, -0.2) is 0 Å². The Morgan fingerprint density at radius 3 is 1.13 bits per heavy atom. The number of hydrogen-bond donors (Lipinski definition) is 0. The SMILES string of the molecule is CC.CC.CC(C)=O.CCCC(C)C.Cc1cc(C)cc(C)c1. The number of hydrogen-bond acceptors (Lipinski definition) is 1. The molecule has 0 amide bonds. The second kappa shape index (κ2) is 23.2. The lowest BCUT2D eigenvalue weighted by atomic mass is 10.1. The Kier molecular flexibility index (Phi) is 30.1. The predicted molar refractivity (Wildman–Crippen MR) is 109 cm³/mol. The largest absolute Gasteiger partial charge is 0.300 e. The molecule has 1 nitrogen and oxygen atoms in total. The summed E-state index contributed by atoms with van der Waals surface area (Å²) in [4.78, 5) is 9.44. The predicted octanol–water partition coefficient (Wildman–Crippen LogP) is 7.70. The monoisotopic (exact) mass is 324 g/mol. The van der Waals surface area contributed by atoms with Gasteiger partial charge in [0.2, 0.25) is 0 Å². The molecule has 0 atom stereocenters. The fourth-order valence-electron chi connectivity index (χ4n) is 1.78. The van der Waals surface area contributed by atoms with E-state index in [1.807, 2.05) is 27.7 Å². The Morgan fingerprint density at radius 1 is 0.826 bits per heavy atom. The quantitative estimate of drug-likeness (QED) is 0.544. The minimum Gasteiger partial charge on any atom is -0.300 e. The zero-order valence-electron chi connectivity index (χ0n) is 18.1. The molecular formula is C22H44O. The van der Waals surface area contributed by atoms with Crippen LogP contribution in [0.3, 0.4) is 0 Å². The van der Waals surface area contributed by atoms with Gasteiger partial charge < -0.3 is 4.79 Å². The highest BCUT2D eigenvalue weighted by molar-refractivity contribution is 5.72. The van der Waals surface area contributed by atoms with Gasteiger partial charge >= 0.3 is 0 Å². The summed E-state index contributed by atoms with van der Waals surface area (Å²) < 4.78 is 0. The molecule has 0 aliphatic carbocycles. The van der Waals surface area contributed by atoms with E-state index in [2.05, 4.69) is 59.7 Å². The van der Waals surface area contributed by atoms with Crippen molar-refractivity contribution < 1.29 is 4.79 Å². The van der Waals surface area contributed by atoms with Crippen molar-refractivity contribution >= 4 is 5.78 Å². The van der Waals surface area contributed by atoms with Gasteiger partial charge in [-0.2, -0.15) is 0 Å². The number of benzene rings is 1. The molecular weight excluding hydrogens is 280 g/mol. The molecule has 0 unspecified atom stereocenters. The van der Waals surface area contributed by atoms with Gasteiger partial charge in [0.05, 0.1) is 0 Å². The highest BCUT2D eigenvalue weighted by Crippen LogP contribution is 2.06. The van der Waals surface area contributed by atoms with Crippen molar-refractivity contribution in [1.82, 2.24) is 0 Å².